The van der Waals surface area contributed by atoms with Crippen molar-refractivity contribution in [3.63, 3.8) is 0 Å². The first-order valence-electron chi connectivity index (χ1n) is 30.3. The van der Waals surface area contributed by atoms with Crippen LogP contribution in [0.2, 0.25) is 0 Å². The monoisotopic (exact) mass is 1140 g/mol. The van der Waals surface area contributed by atoms with Crippen molar-refractivity contribution in [2.75, 3.05) is 0 Å². The predicted molar refractivity (Wildman–Crippen MR) is 373 cm³/mol. The van der Waals surface area contributed by atoms with Crippen LogP contribution in [0.5, 0.6) is 0 Å². The Kier molecular flexibility index (Phi) is 12.2. The van der Waals surface area contributed by atoms with Crippen LogP contribution >= 0.6 is 0 Å². The van der Waals surface area contributed by atoms with Crippen molar-refractivity contribution in [2.24, 2.45) is 0 Å². The van der Waals surface area contributed by atoms with E-state index in [4.69, 9.17) is 4.42 Å². The minimum absolute atomic E-state index is 0.875. The van der Waals surface area contributed by atoms with Crippen LogP contribution in [-0.2, 0) is 0 Å². The largest absolute Gasteiger partial charge is 0.456 e. The van der Waals surface area contributed by atoms with E-state index in [9.17, 15) is 0 Å². The van der Waals surface area contributed by atoms with Crippen molar-refractivity contribution in [2.45, 2.75) is 0 Å². The van der Waals surface area contributed by atoms with E-state index in [-0.39, 0.29) is 0 Å². The highest BCUT2D eigenvalue weighted by Crippen LogP contribution is 2.40. The van der Waals surface area contributed by atoms with Crippen LogP contribution < -0.4 is 20.7 Å². The third-order valence-electron chi connectivity index (χ3n) is 18.3. The topological polar surface area (TPSA) is 23.0 Å². The van der Waals surface area contributed by atoms with Gasteiger partial charge in [-0.2, -0.15) is 0 Å². The van der Waals surface area contributed by atoms with E-state index in [1.807, 2.05) is 0 Å². The van der Waals surface area contributed by atoms with E-state index < -0.39 is 8.07 Å². The van der Waals surface area contributed by atoms with Crippen LogP contribution in [0.25, 0.3) is 133 Å². The van der Waals surface area contributed by atoms with E-state index in [0.29, 0.717) is 0 Å². The Morgan fingerprint density at radius 2 is 0.534 bits per heavy atom. The SMILES string of the molecule is c1ccc(-c2ccc(-c3ccc(-c4ccc(-c5ccc(-c6ccc([Si](c7ccccc7)(c7ccccc7)c7cc(-n8c9ccccc9c9cc(-n%10c%11ccccc%11c%11ccccc%11%10)ccc98)cc8c7oc7ccccc78)cc6)cc5)cc4)cc3)cc2)cc1. The molecular formula is C84H56N2OSi. The molecule has 0 saturated carbocycles. The molecule has 0 amide bonds. The number of fused-ring (bicyclic) bond motifs is 9. The van der Waals surface area contributed by atoms with Crippen molar-refractivity contribution in [3.8, 4) is 67.0 Å². The van der Waals surface area contributed by atoms with Gasteiger partial charge < -0.3 is 13.6 Å². The summed E-state index contributed by atoms with van der Waals surface area (Å²) in [4.78, 5) is 0. The molecule has 0 aliphatic carbocycles. The van der Waals surface area contributed by atoms with Gasteiger partial charge in [0.25, 0.3) is 0 Å². The van der Waals surface area contributed by atoms with Crippen molar-refractivity contribution in [3.05, 3.63) is 340 Å². The zero-order valence-electron chi connectivity index (χ0n) is 48.1. The maximum Gasteiger partial charge on any atom is 0.184 e. The molecule has 17 rings (SSSR count). The van der Waals surface area contributed by atoms with Crippen molar-refractivity contribution in [1.82, 2.24) is 9.13 Å². The second-order valence-electron chi connectivity index (χ2n) is 23.1. The molecule has 0 bridgehead atoms. The zero-order valence-corrected chi connectivity index (χ0v) is 49.1. The summed E-state index contributed by atoms with van der Waals surface area (Å²) in [5, 5.41) is 12.1. The molecular weight excluding hydrogens is 1080 g/mol. The van der Waals surface area contributed by atoms with Crippen LogP contribution in [0, 0.1) is 0 Å². The average molecular weight is 1140 g/mol. The lowest BCUT2D eigenvalue weighted by molar-refractivity contribution is 0.671. The van der Waals surface area contributed by atoms with Gasteiger partial charge in [-0.3, -0.25) is 0 Å². The van der Waals surface area contributed by atoms with Gasteiger partial charge in [-0.25, -0.2) is 0 Å². The van der Waals surface area contributed by atoms with Gasteiger partial charge >= 0.3 is 0 Å². The summed E-state index contributed by atoms with van der Waals surface area (Å²) < 4.78 is 12.2. The highest BCUT2D eigenvalue weighted by Gasteiger charge is 2.44. The lowest BCUT2D eigenvalue weighted by Gasteiger charge is -2.35. The zero-order chi connectivity index (χ0) is 58.1. The Hall–Kier alpha value is -11.3. The summed E-state index contributed by atoms with van der Waals surface area (Å²) in [6, 6.07) is 125. The predicted octanol–water partition coefficient (Wildman–Crippen LogP) is 19.5. The molecule has 412 valence electrons. The van der Waals surface area contributed by atoms with E-state index >= 15 is 0 Å². The number of hydrogen-bond acceptors (Lipinski definition) is 1. The normalized spacial score (nSPS) is 11.9. The molecule has 0 aliphatic rings. The Labute approximate surface area is 511 Å². The van der Waals surface area contributed by atoms with E-state index in [1.165, 1.54) is 109 Å². The van der Waals surface area contributed by atoms with Crippen molar-refractivity contribution in [1.29, 1.82) is 0 Å². The molecule has 0 saturated heterocycles. The number of aromatic nitrogens is 2. The molecule has 0 aliphatic heterocycles. The summed E-state index contributed by atoms with van der Waals surface area (Å²) in [5.74, 6) is 0. The summed E-state index contributed by atoms with van der Waals surface area (Å²) in [5.41, 5.74) is 20.7. The van der Waals surface area contributed by atoms with Gasteiger partial charge in [0.15, 0.2) is 8.07 Å². The second-order valence-corrected chi connectivity index (χ2v) is 26.9. The summed E-state index contributed by atoms with van der Waals surface area (Å²) >= 11 is 0. The lowest BCUT2D eigenvalue weighted by Crippen LogP contribution is -2.74. The van der Waals surface area contributed by atoms with Crippen molar-refractivity contribution >= 4 is 94.4 Å². The Bertz CT molecular complexity index is 5340. The fourth-order valence-corrected chi connectivity index (χ4v) is 19.0. The van der Waals surface area contributed by atoms with E-state index in [2.05, 4.69) is 349 Å². The highest BCUT2D eigenvalue weighted by molar-refractivity contribution is 7.20. The Morgan fingerprint density at radius 1 is 0.216 bits per heavy atom. The molecule has 4 heteroatoms. The van der Waals surface area contributed by atoms with E-state index in [0.717, 1.165) is 44.3 Å². The molecule has 0 N–H and O–H groups in total. The number of rotatable bonds is 11. The number of furan rings is 1. The van der Waals surface area contributed by atoms with Gasteiger partial charge in [-0.15, -0.1) is 0 Å². The smallest absolute Gasteiger partial charge is 0.184 e. The molecule has 17 aromatic rings. The van der Waals surface area contributed by atoms with Gasteiger partial charge in [0, 0.05) is 43.7 Å². The maximum absolute atomic E-state index is 7.25. The first-order valence-corrected chi connectivity index (χ1v) is 32.3. The summed E-state index contributed by atoms with van der Waals surface area (Å²) in [6.07, 6.45) is 0. The average Bonchev–Trinajstić information content (AvgIpc) is 1.45. The van der Waals surface area contributed by atoms with E-state index in [1.54, 1.807) is 0 Å². The highest BCUT2D eigenvalue weighted by atomic mass is 28.3. The molecule has 0 unspecified atom stereocenters. The van der Waals surface area contributed by atoms with Crippen LogP contribution in [0.15, 0.2) is 344 Å². The molecule has 3 aromatic heterocycles. The fraction of sp³-hybridized carbons (Fsp3) is 0. The van der Waals surface area contributed by atoms with Crippen LogP contribution in [0.4, 0.5) is 0 Å². The first-order chi connectivity index (χ1) is 43.6. The third-order valence-corrected chi connectivity index (χ3v) is 23.1. The van der Waals surface area contributed by atoms with Crippen LogP contribution in [0.1, 0.15) is 0 Å². The molecule has 0 spiro atoms. The van der Waals surface area contributed by atoms with Gasteiger partial charge in [0.1, 0.15) is 11.2 Å². The van der Waals surface area contributed by atoms with Gasteiger partial charge in [0.05, 0.1) is 22.1 Å². The number of hydrogen-bond donors (Lipinski definition) is 0. The number of para-hydroxylation sites is 4. The Morgan fingerprint density at radius 3 is 0.989 bits per heavy atom. The molecule has 88 heavy (non-hydrogen) atoms. The first kappa shape index (κ1) is 51.1. The number of benzene rings is 14. The Balaban J connectivity index is 0.755. The van der Waals surface area contributed by atoms with Crippen LogP contribution in [0.3, 0.4) is 0 Å². The minimum Gasteiger partial charge on any atom is -0.456 e. The molecule has 3 nitrogen and oxygen atoms in total. The van der Waals surface area contributed by atoms with Crippen LogP contribution in [-0.4, -0.2) is 17.2 Å². The van der Waals surface area contributed by atoms with Crippen molar-refractivity contribution < 1.29 is 4.42 Å². The second kappa shape index (κ2) is 21.0. The standard InChI is InChI=1S/C84H56N2OSi/c1-4-18-57(19-5-1)58-32-34-59(35-33-58)60-36-38-61(39-37-60)62-40-42-63(43-41-62)64-44-46-65(47-45-64)66-48-51-71(52-49-66)88(69-20-6-2-7-21-69,70-22-8-3-9-23-70)83-56-68(55-77-75-27-13-17-31-82(75)87-84(77)83)86-80-30-16-12-26-74(80)76-54-67(50-53-81(76)86)85-78-28-14-10-24-72(78)73-25-11-15-29-79(73)85/h1-56H. The molecule has 0 radical (unpaired) electrons. The lowest BCUT2D eigenvalue weighted by atomic mass is 9.96. The summed E-state index contributed by atoms with van der Waals surface area (Å²) in [6.45, 7) is 0. The summed E-state index contributed by atoms with van der Waals surface area (Å²) in [7, 11) is -3.25. The third kappa shape index (κ3) is 8.41. The molecule has 0 fully saturated rings. The van der Waals surface area contributed by atoms with Gasteiger partial charge in [-0.1, -0.05) is 285 Å². The molecule has 0 atom stereocenters. The van der Waals surface area contributed by atoms with Gasteiger partial charge in [-0.05, 0) is 131 Å². The molecule has 14 aromatic carbocycles. The molecule has 3 heterocycles. The minimum atomic E-state index is -3.25. The van der Waals surface area contributed by atoms with Gasteiger partial charge in [0.2, 0.25) is 0 Å². The number of nitrogens with zero attached hydrogens (tertiary/aromatic N) is 2. The fourth-order valence-electron chi connectivity index (χ4n) is 14.1. The quantitative estimate of drug-likeness (QED) is 0.0935. The maximum atomic E-state index is 7.25.